The highest BCUT2D eigenvalue weighted by Gasteiger charge is 2.19. The van der Waals surface area contributed by atoms with Crippen molar-refractivity contribution in [2.75, 3.05) is 37.5 Å². The number of hydrogen-bond acceptors (Lipinski definition) is 7. The van der Waals surface area contributed by atoms with E-state index in [1.165, 1.54) is 32.4 Å². The predicted molar refractivity (Wildman–Crippen MR) is 127 cm³/mol. The van der Waals surface area contributed by atoms with Crippen molar-refractivity contribution in [3.63, 3.8) is 0 Å². The standard InChI is InChI=1S/C24H24N2O7S/c1-30-19-12-18(13-20(14-19)31-2)25-24(27)16-5-3-6-17(11-16)26-34(28,29)21-7-8-22-23(15-21)33-10-4-9-32-22/h3,5-8,11-15,26H,4,9-10H2,1-2H3,(H,25,27). The summed E-state index contributed by atoms with van der Waals surface area (Å²) in [5.41, 5.74) is 0.975. The third kappa shape index (κ3) is 5.34. The van der Waals surface area contributed by atoms with Crippen LogP contribution in [0.5, 0.6) is 23.0 Å². The molecule has 4 rings (SSSR count). The number of amides is 1. The Hall–Kier alpha value is -3.92. The second kappa shape index (κ2) is 9.92. The Labute approximate surface area is 197 Å². The third-order valence-electron chi connectivity index (χ3n) is 5.02. The summed E-state index contributed by atoms with van der Waals surface area (Å²) in [5, 5.41) is 2.76. The summed E-state index contributed by atoms with van der Waals surface area (Å²) in [4.78, 5) is 12.8. The molecule has 0 bridgehead atoms. The Morgan fingerprint density at radius 2 is 1.56 bits per heavy atom. The van der Waals surface area contributed by atoms with Crippen molar-refractivity contribution in [3.05, 3.63) is 66.2 Å². The van der Waals surface area contributed by atoms with Gasteiger partial charge < -0.3 is 24.3 Å². The predicted octanol–water partition coefficient (Wildman–Crippen LogP) is 3.92. The number of carbonyl (C=O) groups excluding carboxylic acids is 1. The molecular formula is C24H24N2O7S. The van der Waals surface area contributed by atoms with Crippen LogP contribution in [-0.4, -0.2) is 41.8 Å². The summed E-state index contributed by atoms with van der Waals surface area (Å²) in [6.45, 7) is 0.953. The van der Waals surface area contributed by atoms with Gasteiger partial charge in [0.25, 0.3) is 15.9 Å². The average molecular weight is 485 g/mol. The lowest BCUT2D eigenvalue weighted by molar-refractivity contribution is 0.102. The van der Waals surface area contributed by atoms with Crippen LogP contribution in [0.25, 0.3) is 0 Å². The summed E-state index contributed by atoms with van der Waals surface area (Å²) in [5.74, 6) is 1.50. The fraction of sp³-hybridized carbons (Fsp3) is 0.208. The molecule has 0 aromatic heterocycles. The van der Waals surface area contributed by atoms with E-state index in [0.29, 0.717) is 48.3 Å². The number of anilines is 2. The number of methoxy groups -OCH3 is 2. The van der Waals surface area contributed by atoms with Gasteiger partial charge in [-0.05, 0) is 30.3 Å². The van der Waals surface area contributed by atoms with E-state index in [4.69, 9.17) is 18.9 Å². The number of nitrogens with one attached hydrogen (secondary N) is 2. The van der Waals surface area contributed by atoms with Crippen LogP contribution in [0.1, 0.15) is 16.8 Å². The maximum absolute atomic E-state index is 13.0. The van der Waals surface area contributed by atoms with Gasteiger partial charge in [-0.25, -0.2) is 8.42 Å². The van der Waals surface area contributed by atoms with Crippen LogP contribution in [-0.2, 0) is 10.0 Å². The molecule has 9 nitrogen and oxygen atoms in total. The molecule has 0 saturated heterocycles. The van der Waals surface area contributed by atoms with Gasteiger partial charge in [0.05, 0.1) is 32.3 Å². The lowest BCUT2D eigenvalue weighted by Gasteiger charge is -2.13. The van der Waals surface area contributed by atoms with E-state index in [0.717, 1.165) is 0 Å². The first kappa shape index (κ1) is 23.2. The number of ether oxygens (including phenoxy) is 4. The van der Waals surface area contributed by atoms with Crippen LogP contribution >= 0.6 is 0 Å². The fourth-order valence-corrected chi connectivity index (χ4v) is 4.40. The van der Waals surface area contributed by atoms with E-state index < -0.39 is 15.9 Å². The van der Waals surface area contributed by atoms with Crippen molar-refractivity contribution >= 4 is 27.3 Å². The second-order valence-corrected chi connectivity index (χ2v) is 9.08. The summed E-state index contributed by atoms with van der Waals surface area (Å²) < 4.78 is 50.0. The highest BCUT2D eigenvalue weighted by molar-refractivity contribution is 7.92. The lowest BCUT2D eigenvalue weighted by Crippen LogP contribution is -2.15. The zero-order chi connectivity index (χ0) is 24.1. The van der Waals surface area contributed by atoms with Gasteiger partial charge in [0.15, 0.2) is 11.5 Å². The monoisotopic (exact) mass is 484 g/mol. The summed E-state index contributed by atoms with van der Waals surface area (Å²) in [6, 6.07) is 15.6. The van der Waals surface area contributed by atoms with Crippen LogP contribution in [0.4, 0.5) is 11.4 Å². The van der Waals surface area contributed by atoms with Gasteiger partial charge in [0.2, 0.25) is 0 Å². The van der Waals surface area contributed by atoms with Crippen molar-refractivity contribution in [1.82, 2.24) is 0 Å². The van der Waals surface area contributed by atoms with Gasteiger partial charge in [-0.2, -0.15) is 0 Å². The average Bonchev–Trinajstić information content (AvgIpc) is 3.08. The van der Waals surface area contributed by atoms with Gasteiger partial charge >= 0.3 is 0 Å². The molecule has 1 heterocycles. The largest absolute Gasteiger partial charge is 0.497 e. The molecule has 178 valence electrons. The molecule has 3 aromatic rings. The summed E-state index contributed by atoms with van der Waals surface area (Å²) >= 11 is 0. The van der Waals surface area contributed by atoms with E-state index >= 15 is 0 Å². The van der Waals surface area contributed by atoms with Gasteiger partial charge in [0.1, 0.15) is 11.5 Å². The molecule has 0 spiro atoms. The first-order valence-corrected chi connectivity index (χ1v) is 11.9. The van der Waals surface area contributed by atoms with Crippen LogP contribution < -0.4 is 29.0 Å². The summed E-state index contributed by atoms with van der Waals surface area (Å²) in [6.07, 6.45) is 0.715. The van der Waals surface area contributed by atoms with Crippen LogP contribution in [0.3, 0.4) is 0 Å². The first-order chi connectivity index (χ1) is 16.4. The molecule has 1 aliphatic heterocycles. The molecule has 0 radical (unpaired) electrons. The fourth-order valence-electron chi connectivity index (χ4n) is 3.33. The molecule has 0 saturated carbocycles. The second-order valence-electron chi connectivity index (χ2n) is 7.40. The Kier molecular flexibility index (Phi) is 6.78. The first-order valence-electron chi connectivity index (χ1n) is 10.4. The van der Waals surface area contributed by atoms with Crippen LogP contribution in [0, 0.1) is 0 Å². The number of rotatable bonds is 7. The van der Waals surface area contributed by atoms with Gasteiger partial charge in [-0.3, -0.25) is 9.52 Å². The zero-order valence-electron chi connectivity index (χ0n) is 18.7. The van der Waals surface area contributed by atoms with Crippen molar-refractivity contribution in [3.8, 4) is 23.0 Å². The normalized spacial score (nSPS) is 12.9. The Bertz CT molecular complexity index is 1290. The highest BCUT2D eigenvalue weighted by atomic mass is 32.2. The maximum Gasteiger partial charge on any atom is 0.262 e. The van der Waals surface area contributed by atoms with Crippen LogP contribution in [0.2, 0.25) is 0 Å². The number of fused-ring (bicyclic) bond motifs is 1. The molecule has 10 heteroatoms. The molecular weight excluding hydrogens is 460 g/mol. The molecule has 3 aromatic carbocycles. The van der Waals surface area contributed by atoms with Crippen molar-refractivity contribution in [2.24, 2.45) is 0 Å². The molecule has 0 unspecified atom stereocenters. The van der Waals surface area contributed by atoms with E-state index in [1.807, 2.05) is 0 Å². The molecule has 34 heavy (non-hydrogen) atoms. The quantitative estimate of drug-likeness (QED) is 0.523. The van der Waals surface area contributed by atoms with Crippen molar-refractivity contribution in [1.29, 1.82) is 0 Å². The van der Waals surface area contributed by atoms with E-state index in [-0.39, 0.29) is 16.1 Å². The van der Waals surface area contributed by atoms with Gasteiger partial charge in [-0.1, -0.05) is 6.07 Å². The van der Waals surface area contributed by atoms with E-state index in [9.17, 15) is 13.2 Å². The zero-order valence-corrected chi connectivity index (χ0v) is 19.5. The van der Waals surface area contributed by atoms with Crippen molar-refractivity contribution < 1.29 is 32.2 Å². The molecule has 2 N–H and O–H groups in total. The molecule has 1 amide bonds. The topological polar surface area (TPSA) is 112 Å². The van der Waals surface area contributed by atoms with Crippen molar-refractivity contribution in [2.45, 2.75) is 11.3 Å². The lowest BCUT2D eigenvalue weighted by atomic mass is 10.2. The highest BCUT2D eigenvalue weighted by Crippen LogP contribution is 2.32. The van der Waals surface area contributed by atoms with Gasteiger partial charge in [0, 0.05) is 47.6 Å². The van der Waals surface area contributed by atoms with E-state index in [1.54, 1.807) is 42.5 Å². The van der Waals surface area contributed by atoms with Gasteiger partial charge in [-0.15, -0.1) is 0 Å². The number of benzene rings is 3. The molecule has 1 aliphatic rings. The number of hydrogen-bond donors (Lipinski definition) is 2. The Morgan fingerprint density at radius 1 is 0.853 bits per heavy atom. The minimum Gasteiger partial charge on any atom is -0.497 e. The minimum absolute atomic E-state index is 0.0232. The minimum atomic E-state index is -3.93. The Balaban J connectivity index is 1.52. The Morgan fingerprint density at radius 3 is 2.26 bits per heavy atom. The summed E-state index contributed by atoms with van der Waals surface area (Å²) in [7, 11) is -0.902. The number of sulfonamides is 1. The smallest absolute Gasteiger partial charge is 0.262 e. The van der Waals surface area contributed by atoms with E-state index in [2.05, 4.69) is 10.0 Å². The third-order valence-corrected chi connectivity index (χ3v) is 6.39. The number of carbonyl (C=O) groups is 1. The van der Waals surface area contributed by atoms with Crippen LogP contribution in [0.15, 0.2) is 65.6 Å². The molecule has 0 atom stereocenters. The maximum atomic E-state index is 13.0. The molecule has 0 fully saturated rings. The SMILES string of the molecule is COc1cc(NC(=O)c2cccc(NS(=O)(=O)c3ccc4c(c3)OCCCO4)c2)cc(OC)c1. The molecule has 0 aliphatic carbocycles.